The zero-order valence-corrected chi connectivity index (χ0v) is 14.7. The zero-order chi connectivity index (χ0) is 17.3. The van der Waals surface area contributed by atoms with Crippen LogP contribution in [-0.2, 0) is 14.2 Å². The molecule has 0 aromatic rings. The van der Waals surface area contributed by atoms with E-state index >= 15 is 0 Å². The number of hydrogen-bond acceptors (Lipinski definition) is 5. The summed E-state index contributed by atoms with van der Waals surface area (Å²) in [6.45, 7) is 8.40. The number of carbonyl (C=O) groups excluding carboxylic acids is 2. The number of rotatable bonds is 6. The van der Waals surface area contributed by atoms with E-state index in [1.54, 1.807) is 12.0 Å². The molecule has 0 bridgehead atoms. The van der Waals surface area contributed by atoms with Crippen molar-refractivity contribution in [3.8, 4) is 0 Å². The molecule has 0 aromatic heterocycles. The molecule has 23 heavy (non-hydrogen) atoms. The largest absolute Gasteiger partial charge is 0.449 e. The highest BCUT2D eigenvalue weighted by Crippen LogP contribution is 2.19. The minimum absolute atomic E-state index is 0.271. The summed E-state index contributed by atoms with van der Waals surface area (Å²) in [5.41, 5.74) is -0.474. The quantitative estimate of drug-likeness (QED) is 0.757. The number of methoxy groups -OCH3 is 1. The van der Waals surface area contributed by atoms with Gasteiger partial charge < -0.3 is 24.4 Å². The molecule has 0 saturated carbocycles. The summed E-state index contributed by atoms with van der Waals surface area (Å²) in [7, 11) is 1.63. The van der Waals surface area contributed by atoms with Crippen LogP contribution in [0.4, 0.5) is 9.59 Å². The van der Waals surface area contributed by atoms with E-state index in [9.17, 15) is 9.59 Å². The van der Waals surface area contributed by atoms with Crippen LogP contribution >= 0.6 is 0 Å². The fourth-order valence-corrected chi connectivity index (χ4v) is 2.26. The molecule has 1 fully saturated rings. The normalized spacial score (nSPS) is 16.1. The summed E-state index contributed by atoms with van der Waals surface area (Å²) in [5.74, 6) is 0.290. The SMILES string of the molecule is COCCCNC(=O)OCC1CCN(C(=O)OC(C)(C)C)CC1. The van der Waals surface area contributed by atoms with E-state index in [0.717, 1.165) is 19.3 Å². The second-order valence-corrected chi connectivity index (χ2v) is 6.78. The maximum absolute atomic E-state index is 12.0. The average Bonchev–Trinajstić information content (AvgIpc) is 2.48. The van der Waals surface area contributed by atoms with Crippen LogP contribution in [0.5, 0.6) is 0 Å². The standard InChI is InChI=1S/C16H30N2O5/c1-16(2,3)23-15(20)18-9-6-13(7-10-18)12-22-14(19)17-8-5-11-21-4/h13H,5-12H2,1-4H3,(H,17,19). The van der Waals surface area contributed by atoms with Crippen LogP contribution < -0.4 is 5.32 Å². The summed E-state index contributed by atoms with van der Waals surface area (Å²) in [6, 6.07) is 0. The number of alkyl carbamates (subject to hydrolysis) is 1. The van der Waals surface area contributed by atoms with Gasteiger partial charge in [0.25, 0.3) is 0 Å². The highest BCUT2D eigenvalue weighted by molar-refractivity contribution is 5.68. The maximum atomic E-state index is 12.0. The Hall–Kier alpha value is -1.50. The summed E-state index contributed by atoms with van der Waals surface area (Å²) < 4.78 is 15.5. The predicted octanol–water partition coefficient (Wildman–Crippen LogP) is 2.40. The molecule has 7 heteroatoms. The van der Waals surface area contributed by atoms with E-state index in [1.807, 2.05) is 20.8 Å². The van der Waals surface area contributed by atoms with Crippen molar-refractivity contribution in [3.05, 3.63) is 0 Å². The number of hydrogen-bond donors (Lipinski definition) is 1. The first-order chi connectivity index (χ1) is 10.8. The smallest absolute Gasteiger partial charge is 0.410 e. The van der Waals surface area contributed by atoms with Gasteiger partial charge in [-0.25, -0.2) is 9.59 Å². The van der Waals surface area contributed by atoms with Crippen molar-refractivity contribution >= 4 is 12.2 Å². The van der Waals surface area contributed by atoms with E-state index in [-0.39, 0.29) is 6.09 Å². The molecule has 1 heterocycles. The lowest BCUT2D eigenvalue weighted by Crippen LogP contribution is -2.42. The third-order valence-corrected chi connectivity index (χ3v) is 3.51. The Balaban J connectivity index is 2.16. The minimum atomic E-state index is -0.474. The molecule has 7 nitrogen and oxygen atoms in total. The Labute approximate surface area is 138 Å². The number of ether oxygens (including phenoxy) is 3. The topological polar surface area (TPSA) is 77.1 Å². The van der Waals surface area contributed by atoms with E-state index in [0.29, 0.717) is 38.8 Å². The van der Waals surface area contributed by atoms with Gasteiger partial charge in [0.05, 0.1) is 6.61 Å². The third-order valence-electron chi connectivity index (χ3n) is 3.51. The van der Waals surface area contributed by atoms with Crippen LogP contribution in [0, 0.1) is 5.92 Å². The van der Waals surface area contributed by atoms with Crippen LogP contribution in [0.2, 0.25) is 0 Å². The number of nitrogens with one attached hydrogen (secondary N) is 1. The van der Waals surface area contributed by atoms with Crippen molar-refractivity contribution < 1.29 is 23.8 Å². The van der Waals surface area contributed by atoms with Crippen molar-refractivity contribution in [2.75, 3.05) is 40.0 Å². The summed E-state index contributed by atoms with van der Waals surface area (Å²) in [4.78, 5) is 25.2. The molecule has 1 aliphatic rings. The van der Waals surface area contributed by atoms with Gasteiger partial charge in [0.2, 0.25) is 0 Å². The van der Waals surface area contributed by atoms with E-state index in [1.165, 1.54) is 0 Å². The van der Waals surface area contributed by atoms with E-state index in [2.05, 4.69) is 5.32 Å². The van der Waals surface area contributed by atoms with Crippen molar-refractivity contribution in [3.63, 3.8) is 0 Å². The van der Waals surface area contributed by atoms with Crippen LogP contribution in [0.3, 0.4) is 0 Å². The first kappa shape index (κ1) is 19.5. The summed E-state index contributed by atoms with van der Waals surface area (Å²) in [5, 5.41) is 2.68. The van der Waals surface area contributed by atoms with Gasteiger partial charge in [0.1, 0.15) is 5.60 Å². The van der Waals surface area contributed by atoms with E-state index in [4.69, 9.17) is 14.2 Å². The molecule has 0 spiro atoms. The number of carbonyl (C=O) groups is 2. The van der Waals surface area contributed by atoms with Gasteiger partial charge in [-0.15, -0.1) is 0 Å². The fourth-order valence-electron chi connectivity index (χ4n) is 2.26. The molecule has 1 rings (SSSR count). The monoisotopic (exact) mass is 330 g/mol. The Bertz CT molecular complexity index is 373. The molecule has 134 valence electrons. The average molecular weight is 330 g/mol. The Kier molecular flexibility index (Phi) is 8.16. The van der Waals surface area contributed by atoms with Crippen molar-refractivity contribution in [2.24, 2.45) is 5.92 Å². The van der Waals surface area contributed by atoms with Gasteiger partial charge >= 0.3 is 12.2 Å². The number of piperidine rings is 1. The molecular formula is C16H30N2O5. The molecule has 1 N–H and O–H groups in total. The zero-order valence-electron chi connectivity index (χ0n) is 14.7. The van der Waals surface area contributed by atoms with Gasteiger partial charge in [0.15, 0.2) is 0 Å². The molecule has 0 aliphatic carbocycles. The van der Waals surface area contributed by atoms with Crippen molar-refractivity contribution in [1.82, 2.24) is 10.2 Å². The van der Waals surface area contributed by atoms with Gasteiger partial charge in [-0.05, 0) is 46.0 Å². The van der Waals surface area contributed by atoms with Crippen molar-refractivity contribution in [1.29, 1.82) is 0 Å². The first-order valence-corrected chi connectivity index (χ1v) is 8.19. The Morgan fingerprint density at radius 3 is 2.43 bits per heavy atom. The lowest BCUT2D eigenvalue weighted by atomic mass is 9.98. The fraction of sp³-hybridized carbons (Fsp3) is 0.875. The van der Waals surface area contributed by atoms with Gasteiger partial charge in [-0.3, -0.25) is 0 Å². The van der Waals surface area contributed by atoms with E-state index < -0.39 is 11.7 Å². The molecule has 0 atom stereocenters. The predicted molar refractivity (Wildman–Crippen MR) is 86.4 cm³/mol. The molecule has 2 amide bonds. The van der Waals surface area contributed by atoms with Crippen LogP contribution in [0.25, 0.3) is 0 Å². The second-order valence-electron chi connectivity index (χ2n) is 6.78. The molecular weight excluding hydrogens is 300 g/mol. The Morgan fingerprint density at radius 1 is 1.22 bits per heavy atom. The highest BCUT2D eigenvalue weighted by atomic mass is 16.6. The van der Waals surface area contributed by atoms with Crippen molar-refractivity contribution in [2.45, 2.75) is 45.6 Å². The van der Waals surface area contributed by atoms with Gasteiger partial charge in [-0.2, -0.15) is 0 Å². The lowest BCUT2D eigenvalue weighted by molar-refractivity contribution is 0.0149. The number of amides is 2. The van der Waals surface area contributed by atoms with Crippen LogP contribution in [-0.4, -0.2) is 62.6 Å². The lowest BCUT2D eigenvalue weighted by Gasteiger charge is -2.33. The first-order valence-electron chi connectivity index (χ1n) is 8.19. The van der Waals surface area contributed by atoms with Crippen LogP contribution in [0.1, 0.15) is 40.0 Å². The summed E-state index contributed by atoms with van der Waals surface area (Å²) in [6.07, 6.45) is 1.73. The number of nitrogens with zero attached hydrogens (tertiary/aromatic N) is 1. The molecule has 0 unspecified atom stereocenters. The third kappa shape index (κ3) is 8.64. The van der Waals surface area contributed by atoms with Crippen LogP contribution in [0.15, 0.2) is 0 Å². The highest BCUT2D eigenvalue weighted by Gasteiger charge is 2.27. The molecule has 0 aromatic carbocycles. The molecule has 0 radical (unpaired) electrons. The summed E-state index contributed by atoms with van der Waals surface area (Å²) >= 11 is 0. The minimum Gasteiger partial charge on any atom is -0.449 e. The second kappa shape index (κ2) is 9.60. The molecule has 1 aliphatic heterocycles. The Morgan fingerprint density at radius 2 is 1.87 bits per heavy atom. The van der Waals surface area contributed by atoms with Gasteiger partial charge in [0, 0.05) is 33.4 Å². The van der Waals surface area contributed by atoms with Gasteiger partial charge in [-0.1, -0.05) is 0 Å². The maximum Gasteiger partial charge on any atom is 0.410 e. The number of likely N-dealkylation sites (tertiary alicyclic amines) is 1. The molecule has 1 saturated heterocycles.